The molecule has 3 heterocycles. The van der Waals surface area contributed by atoms with Gasteiger partial charge >= 0.3 is 7.75 Å². The predicted octanol–water partition coefficient (Wildman–Crippen LogP) is 2.15. The quantitative estimate of drug-likeness (QED) is 0.644. The Morgan fingerprint density at radius 3 is 2.72 bits per heavy atom. The fraction of sp³-hybridized carbons (Fsp3) is 0.545. The van der Waals surface area contributed by atoms with Crippen molar-refractivity contribution in [3.8, 4) is 0 Å². The molecule has 0 spiro atoms. The fourth-order valence-corrected chi connectivity index (χ4v) is 4.74. The van der Waals surface area contributed by atoms with Crippen molar-refractivity contribution in [1.82, 2.24) is 9.65 Å². The molecule has 18 heavy (non-hydrogen) atoms. The minimum Gasteiger partial charge on any atom is -0.312 e. The van der Waals surface area contributed by atoms with Gasteiger partial charge in [-0.1, -0.05) is 17.7 Å². The van der Waals surface area contributed by atoms with E-state index in [4.69, 9.17) is 11.6 Å². The third-order valence-corrected chi connectivity index (χ3v) is 5.43. The van der Waals surface area contributed by atoms with Gasteiger partial charge in [0.25, 0.3) is 0 Å². The minimum absolute atomic E-state index is 0.00323. The molecule has 5 nitrogen and oxygen atoms in total. The highest BCUT2D eigenvalue weighted by Gasteiger charge is 2.53. The van der Waals surface area contributed by atoms with Crippen LogP contribution in [-0.4, -0.2) is 31.5 Å². The SMILES string of the molecule is O=P(O)(O)N1C2CCC1C(c1ccc(Cl)nc1)C2. The van der Waals surface area contributed by atoms with Crippen LogP contribution in [0, 0.1) is 0 Å². The van der Waals surface area contributed by atoms with E-state index < -0.39 is 7.75 Å². The molecule has 7 heteroatoms. The van der Waals surface area contributed by atoms with Crippen LogP contribution in [0.5, 0.6) is 0 Å². The van der Waals surface area contributed by atoms with E-state index in [1.54, 1.807) is 12.3 Å². The van der Waals surface area contributed by atoms with Gasteiger partial charge in [0.15, 0.2) is 0 Å². The van der Waals surface area contributed by atoms with Crippen molar-refractivity contribution in [2.45, 2.75) is 37.3 Å². The molecule has 2 aliphatic rings. The lowest BCUT2D eigenvalue weighted by Gasteiger charge is -2.24. The molecule has 2 bridgehead atoms. The standard InChI is InChI=1S/C11H14ClN2O3P/c12-11-4-1-7(6-13-11)9-5-8-2-3-10(9)14(8)18(15,16)17/h1,4,6,8-10H,2-3,5H2,(H2,15,16,17). The first kappa shape index (κ1) is 12.6. The molecule has 0 aromatic carbocycles. The summed E-state index contributed by atoms with van der Waals surface area (Å²) < 4.78 is 12.9. The molecule has 2 aliphatic heterocycles. The summed E-state index contributed by atoms with van der Waals surface area (Å²) in [5.74, 6) is 0.154. The van der Waals surface area contributed by atoms with E-state index >= 15 is 0 Å². The van der Waals surface area contributed by atoms with Gasteiger partial charge in [0.1, 0.15) is 5.15 Å². The van der Waals surface area contributed by atoms with Crippen molar-refractivity contribution in [1.29, 1.82) is 0 Å². The number of hydrogen-bond acceptors (Lipinski definition) is 2. The first-order valence-electron chi connectivity index (χ1n) is 5.92. The van der Waals surface area contributed by atoms with Crippen LogP contribution in [0.3, 0.4) is 0 Å². The zero-order chi connectivity index (χ0) is 12.9. The highest BCUT2D eigenvalue weighted by Crippen LogP contribution is 2.58. The number of nitrogens with zero attached hydrogens (tertiary/aromatic N) is 2. The smallest absolute Gasteiger partial charge is 0.312 e. The molecule has 0 amide bonds. The molecular formula is C11H14ClN2O3P. The molecule has 3 unspecified atom stereocenters. The van der Waals surface area contributed by atoms with E-state index in [9.17, 15) is 14.4 Å². The van der Waals surface area contributed by atoms with Gasteiger partial charge < -0.3 is 9.79 Å². The van der Waals surface area contributed by atoms with Gasteiger partial charge in [0, 0.05) is 24.2 Å². The average molecular weight is 289 g/mol. The Balaban J connectivity index is 1.89. The van der Waals surface area contributed by atoms with E-state index in [0.717, 1.165) is 24.8 Å². The Morgan fingerprint density at radius 1 is 1.39 bits per heavy atom. The topological polar surface area (TPSA) is 73.7 Å². The molecule has 2 N–H and O–H groups in total. The van der Waals surface area contributed by atoms with Gasteiger partial charge in [-0.25, -0.2) is 14.2 Å². The third kappa shape index (κ3) is 2.00. The molecule has 2 saturated heterocycles. The molecule has 1 aromatic rings. The normalized spacial score (nSPS) is 32.1. The predicted molar refractivity (Wildman–Crippen MR) is 67.3 cm³/mol. The molecular weight excluding hydrogens is 275 g/mol. The Labute approximate surface area is 110 Å². The summed E-state index contributed by atoms with van der Waals surface area (Å²) in [6.45, 7) is 0. The van der Waals surface area contributed by atoms with Crippen molar-refractivity contribution < 1.29 is 14.4 Å². The lowest BCUT2D eigenvalue weighted by atomic mass is 9.85. The number of hydrogen-bond donors (Lipinski definition) is 2. The number of pyridine rings is 1. The van der Waals surface area contributed by atoms with Crippen LogP contribution in [0.2, 0.25) is 5.15 Å². The van der Waals surface area contributed by atoms with Gasteiger partial charge in [0.05, 0.1) is 0 Å². The van der Waals surface area contributed by atoms with Gasteiger partial charge in [-0.3, -0.25) is 0 Å². The maximum atomic E-state index is 11.5. The molecule has 0 saturated carbocycles. The van der Waals surface area contributed by atoms with Crippen LogP contribution in [0.1, 0.15) is 30.7 Å². The Hall–Kier alpha value is -0.450. The van der Waals surface area contributed by atoms with E-state index in [1.807, 2.05) is 6.07 Å². The lowest BCUT2D eigenvalue weighted by Crippen LogP contribution is -2.26. The zero-order valence-electron chi connectivity index (χ0n) is 9.61. The van der Waals surface area contributed by atoms with Crippen molar-refractivity contribution >= 4 is 19.3 Å². The summed E-state index contributed by atoms with van der Waals surface area (Å²) in [4.78, 5) is 22.9. The Bertz CT molecular complexity index is 504. The van der Waals surface area contributed by atoms with Gasteiger partial charge in [-0.2, -0.15) is 0 Å². The van der Waals surface area contributed by atoms with E-state index in [-0.39, 0.29) is 18.0 Å². The van der Waals surface area contributed by atoms with Crippen molar-refractivity contribution in [3.05, 3.63) is 29.0 Å². The van der Waals surface area contributed by atoms with Crippen molar-refractivity contribution in [3.63, 3.8) is 0 Å². The van der Waals surface area contributed by atoms with Gasteiger partial charge in [-0.05, 0) is 30.9 Å². The van der Waals surface area contributed by atoms with Crippen molar-refractivity contribution in [2.75, 3.05) is 0 Å². The molecule has 3 rings (SSSR count). The summed E-state index contributed by atoms with van der Waals surface area (Å²) in [7, 11) is -4.14. The van der Waals surface area contributed by atoms with Crippen LogP contribution in [-0.2, 0) is 4.57 Å². The minimum atomic E-state index is -4.14. The summed E-state index contributed by atoms with van der Waals surface area (Å²) >= 11 is 5.75. The summed E-state index contributed by atoms with van der Waals surface area (Å²) in [5, 5.41) is 0.439. The first-order valence-corrected chi connectivity index (χ1v) is 7.87. The molecule has 0 aliphatic carbocycles. The first-order chi connectivity index (χ1) is 8.47. The van der Waals surface area contributed by atoms with Crippen LogP contribution in [0.4, 0.5) is 0 Å². The van der Waals surface area contributed by atoms with Crippen LogP contribution in [0.15, 0.2) is 18.3 Å². The number of halogens is 1. The molecule has 98 valence electrons. The average Bonchev–Trinajstić information content (AvgIpc) is 2.86. The van der Waals surface area contributed by atoms with Gasteiger partial charge in [-0.15, -0.1) is 0 Å². The molecule has 1 aromatic heterocycles. The van der Waals surface area contributed by atoms with E-state index in [2.05, 4.69) is 4.98 Å². The van der Waals surface area contributed by atoms with Crippen LogP contribution >= 0.6 is 19.3 Å². The fourth-order valence-electron chi connectivity index (χ4n) is 3.33. The summed E-state index contributed by atoms with van der Waals surface area (Å²) in [5.41, 5.74) is 1.02. The highest BCUT2D eigenvalue weighted by molar-refractivity contribution is 7.49. The zero-order valence-corrected chi connectivity index (χ0v) is 11.3. The second-order valence-corrected chi connectivity index (χ2v) is 6.82. The second kappa shape index (κ2) is 4.29. The van der Waals surface area contributed by atoms with Crippen LogP contribution in [0.25, 0.3) is 0 Å². The monoisotopic (exact) mass is 288 g/mol. The number of rotatable bonds is 2. The van der Waals surface area contributed by atoms with Gasteiger partial charge in [0.2, 0.25) is 0 Å². The van der Waals surface area contributed by atoms with E-state index in [1.165, 1.54) is 4.67 Å². The number of fused-ring (bicyclic) bond motifs is 2. The Kier molecular flexibility index (Phi) is 3.00. The van der Waals surface area contributed by atoms with E-state index in [0.29, 0.717) is 5.15 Å². The van der Waals surface area contributed by atoms with Crippen LogP contribution < -0.4 is 0 Å². The summed E-state index contributed by atoms with van der Waals surface area (Å²) in [6.07, 6.45) is 4.21. The molecule has 2 fully saturated rings. The maximum absolute atomic E-state index is 11.5. The largest absolute Gasteiger partial charge is 0.403 e. The number of aromatic nitrogens is 1. The highest BCUT2D eigenvalue weighted by atomic mass is 35.5. The molecule has 3 atom stereocenters. The van der Waals surface area contributed by atoms with Crippen molar-refractivity contribution in [2.24, 2.45) is 0 Å². The third-order valence-electron chi connectivity index (χ3n) is 3.98. The summed E-state index contributed by atoms with van der Waals surface area (Å²) in [6, 6.07) is 3.55. The molecule has 0 radical (unpaired) electrons. The second-order valence-electron chi connectivity index (χ2n) is 4.95. The Morgan fingerprint density at radius 2 is 2.17 bits per heavy atom. The lowest BCUT2D eigenvalue weighted by molar-refractivity contribution is 0.256. The maximum Gasteiger partial charge on any atom is 0.403 e.